The van der Waals surface area contributed by atoms with Crippen LogP contribution in [-0.4, -0.2) is 88.4 Å². The molecule has 1 fully saturated rings. The Balaban J connectivity index is 2.48. The molecule has 154 valence electrons. The van der Waals surface area contributed by atoms with Gasteiger partial charge in [-0.25, -0.2) is 0 Å². The molecule has 0 saturated carbocycles. The first kappa shape index (κ1) is 22.8. The summed E-state index contributed by atoms with van der Waals surface area (Å²) in [4.78, 5) is 47.1. The average molecular weight is 388 g/mol. The summed E-state index contributed by atoms with van der Waals surface area (Å²) >= 11 is 0. The molecule has 4 amide bonds. The van der Waals surface area contributed by atoms with Crippen molar-refractivity contribution >= 4 is 23.6 Å². The number of nitrogens with one attached hydrogen (secondary N) is 4. The zero-order valence-corrected chi connectivity index (χ0v) is 15.7. The number of hydrogen-bond donors (Lipinski definition) is 4. The van der Waals surface area contributed by atoms with Gasteiger partial charge in [-0.2, -0.15) is 0 Å². The lowest BCUT2D eigenvalue weighted by atomic mass is 10.3. The Morgan fingerprint density at radius 3 is 1.48 bits per heavy atom. The molecule has 0 bridgehead atoms. The largest absolute Gasteiger partial charge is 0.378 e. The molecule has 2 atom stereocenters. The summed E-state index contributed by atoms with van der Waals surface area (Å²) in [5, 5.41) is 10.3. The van der Waals surface area contributed by atoms with Crippen molar-refractivity contribution in [3.8, 4) is 0 Å². The summed E-state index contributed by atoms with van der Waals surface area (Å²) in [5.74, 6) is -1.55. The third-order valence-corrected chi connectivity index (χ3v) is 3.47. The van der Waals surface area contributed by atoms with Gasteiger partial charge < -0.3 is 35.5 Å². The van der Waals surface area contributed by atoms with Crippen LogP contribution in [0.5, 0.6) is 0 Å². The second-order valence-electron chi connectivity index (χ2n) is 5.88. The first-order valence-corrected chi connectivity index (χ1v) is 8.77. The van der Waals surface area contributed by atoms with E-state index in [-0.39, 0.29) is 64.5 Å². The summed E-state index contributed by atoms with van der Waals surface area (Å²) in [6.45, 7) is 3.93. The van der Waals surface area contributed by atoms with Crippen LogP contribution in [0.25, 0.3) is 0 Å². The Morgan fingerprint density at radius 1 is 0.667 bits per heavy atom. The van der Waals surface area contributed by atoms with Crippen LogP contribution in [0.4, 0.5) is 0 Å². The lowest BCUT2D eigenvalue weighted by Gasteiger charge is -2.14. The number of ether oxygens (including phenoxy) is 3. The zero-order valence-electron chi connectivity index (χ0n) is 15.7. The Hall–Kier alpha value is -2.24. The van der Waals surface area contributed by atoms with Gasteiger partial charge in [0, 0.05) is 13.1 Å². The molecule has 0 aromatic rings. The third kappa shape index (κ3) is 10.5. The van der Waals surface area contributed by atoms with Gasteiger partial charge in [0.05, 0.1) is 26.4 Å². The Labute approximate surface area is 157 Å². The fourth-order valence-corrected chi connectivity index (χ4v) is 2.05. The molecular formula is C16H28N4O7. The van der Waals surface area contributed by atoms with Crippen LogP contribution in [0.1, 0.15) is 13.8 Å². The van der Waals surface area contributed by atoms with Crippen LogP contribution in [0.15, 0.2) is 0 Å². The average Bonchev–Trinajstić information content (AvgIpc) is 2.62. The van der Waals surface area contributed by atoms with E-state index in [1.54, 1.807) is 13.8 Å². The van der Waals surface area contributed by atoms with Crippen molar-refractivity contribution in [2.45, 2.75) is 25.9 Å². The van der Waals surface area contributed by atoms with Crippen LogP contribution < -0.4 is 21.3 Å². The van der Waals surface area contributed by atoms with E-state index in [1.807, 2.05) is 0 Å². The normalized spacial score (nSPS) is 26.0. The van der Waals surface area contributed by atoms with Crippen molar-refractivity contribution in [3.05, 3.63) is 0 Å². The van der Waals surface area contributed by atoms with Crippen LogP contribution in [0.2, 0.25) is 0 Å². The van der Waals surface area contributed by atoms with Crippen molar-refractivity contribution in [1.82, 2.24) is 21.3 Å². The first-order chi connectivity index (χ1) is 12.9. The second-order valence-corrected chi connectivity index (χ2v) is 5.88. The molecule has 11 heteroatoms. The maximum absolute atomic E-state index is 11.8. The van der Waals surface area contributed by atoms with Gasteiger partial charge in [0.2, 0.25) is 23.6 Å². The van der Waals surface area contributed by atoms with E-state index in [4.69, 9.17) is 14.2 Å². The molecule has 1 rings (SSSR count). The third-order valence-electron chi connectivity index (χ3n) is 3.47. The maximum atomic E-state index is 11.8. The van der Waals surface area contributed by atoms with E-state index < -0.39 is 23.9 Å². The van der Waals surface area contributed by atoms with Gasteiger partial charge in [0.1, 0.15) is 25.3 Å². The molecule has 0 radical (unpaired) electrons. The fraction of sp³-hybridized carbons (Fsp3) is 0.750. The van der Waals surface area contributed by atoms with Crippen molar-refractivity contribution < 1.29 is 33.4 Å². The van der Waals surface area contributed by atoms with Gasteiger partial charge in [-0.3, -0.25) is 19.2 Å². The smallest absolute Gasteiger partial charge is 0.246 e. The highest BCUT2D eigenvalue weighted by atomic mass is 16.5. The van der Waals surface area contributed by atoms with Crippen LogP contribution in [0, 0.1) is 0 Å². The minimum absolute atomic E-state index is 0.106. The maximum Gasteiger partial charge on any atom is 0.246 e. The van der Waals surface area contributed by atoms with Crippen LogP contribution in [-0.2, 0) is 33.4 Å². The Kier molecular flexibility index (Phi) is 11.0. The van der Waals surface area contributed by atoms with Gasteiger partial charge in [0.15, 0.2) is 0 Å². The summed E-state index contributed by atoms with van der Waals surface area (Å²) in [7, 11) is 0. The minimum Gasteiger partial charge on any atom is -0.378 e. The van der Waals surface area contributed by atoms with Crippen molar-refractivity contribution in [2.24, 2.45) is 0 Å². The van der Waals surface area contributed by atoms with Gasteiger partial charge in [0.25, 0.3) is 0 Å². The molecule has 11 nitrogen and oxygen atoms in total. The van der Waals surface area contributed by atoms with Crippen molar-refractivity contribution in [3.63, 3.8) is 0 Å². The van der Waals surface area contributed by atoms with E-state index in [0.29, 0.717) is 0 Å². The Morgan fingerprint density at radius 2 is 1.07 bits per heavy atom. The predicted octanol–water partition coefficient (Wildman–Crippen LogP) is -2.71. The highest BCUT2D eigenvalue weighted by molar-refractivity contribution is 5.88. The van der Waals surface area contributed by atoms with E-state index in [2.05, 4.69) is 21.3 Å². The number of rotatable bonds is 0. The highest BCUT2D eigenvalue weighted by Crippen LogP contribution is 1.87. The molecule has 0 unspecified atom stereocenters. The number of amides is 4. The minimum atomic E-state index is -0.712. The van der Waals surface area contributed by atoms with E-state index in [0.717, 1.165) is 0 Å². The second kappa shape index (κ2) is 13.0. The summed E-state index contributed by atoms with van der Waals surface area (Å²) in [6.07, 6.45) is 0. The van der Waals surface area contributed by atoms with Crippen molar-refractivity contribution in [1.29, 1.82) is 0 Å². The monoisotopic (exact) mass is 388 g/mol. The molecule has 1 heterocycles. The summed E-state index contributed by atoms with van der Waals surface area (Å²) in [5.41, 5.74) is 0. The molecule has 1 aliphatic heterocycles. The van der Waals surface area contributed by atoms with Gasteiger partial charge in [-0.15, -0.1) is 0 Å². The molecule has 1 saturated heterocycles. The fourth-order valence-electron chi connectivity index (χ4n) is 2.05. The molecule has 27 heavy (non-hydrogen) atoms. The lowest BCUT2D eigenvalue weighted by molar-refractivity contribution is -0.133. The quantitative estimate of drug-likeness (QED) is 0.353. The van der Waals surface area contributed by atoms with Gasteiger partial charge in [-0.1, -0.05) is 0 Å². The predicted molar refractivity (Wildman–Crippen MR) is 93.7 cm³/mol. The molecule has 1 aliphatic rings. The number of carbonyl (C=O) groups is 4. The van der Waals surface area contributed by atoms with E-state index in [9.17, 15) is 19.2 Å². The van der Waals surface area contributed by atoms with E-state index in [1.165, 1.54) is 0 Å². The van der Waals surface area contributed by atoms with Gasteiger partial charge >= 0.3 is 0 Å². The molecule has 0 aromatic carbocycles. The highest BCUT2D eigenvalue weighted by Gasteiger charge is 2.16. The molecule has 0 spiro atoms. The number of hydrogen-bond acceptors (Lipinski definition) is 7. The standard InChI is InChI=1S/C16H28N4O7/c1-11-15(23)17-3-5-25-6-4-18-16(24)12(2)20-14(22)10-27-8-7-26-9-13(21)19-11/h11-12H,3-10H2,1-2H3,(H,17,23)(H,18,24)(H,19,21)(H,20,22)/t11-,12-/m0/s1. The van der Waals surface area contributed by atoms with Crippen LogP contribution in [0.3, 0.4) is 0 Å². The summed E-state index contributed by atoms with van der Waals surface area (Å²) in [6, 6.07) is -1.42. The Bertz CT molecular complexity index is 471. The summed E-state index contributed by atoms with van der Waals surface area (Å²) < 4.78 is 15.5. The van der Waals surface area contributed by atoms with Crippen LogP contribution >= 0.6 is 0 Å². The van der Waals surface area contributed by atoms with Crippen molar-refractivity contribution in [2.75, 3.05) is 52.7 Å². The molecule has 0 aromatic heterocycles. The first-order valence-electron chi connectivity index (χ1n) is 8.77. The molecular weight excluding hydrogens is 360 g/mol. The SMILES string of the molecule is C[C@@H]1NC(=O)COCCOCC(=O)N[C@@H](C)C(=O)NCCOCCNC1=O. The zero-order chi connectivity index (χ0) is 20.1. The molecule has 0 aliphatic carbocycles. The lowest BCUT2D eigenvalue weighted by Crippen LogP contribution is -2.47. The topological polar surface area (TPSA) is 144 Å². The van der Waals surface area contributed by atoms with E-state index >= 15 is 0 Å². The number of carbonyl (C=O) groups excluding carboxylic acids is 4. The van der Waals surface area contributed by atoms with Gasteiger partial charge in [-0.05, 0) is 13.8 Å². The molecule has 4 N–H and O–H groups in total.